The van der Waals surface area contributed by atoms with Crippen molar-refractivity contribution in [1.82, 2.24) is 14.8 Å². The van der Waals surface area contributed by atoms with Crippen LogP contribution in [0, 0.1) is 0 Å². The van der Waals surface area contributed by atoms with Gasteiger partial charge in [0.15, 0.2) is 5.16 Å². The predicted octanol–water partition coefficient (Wildman–Crippen LogP) is 5.49. The van der Waals surface area contributed by atoms with E-state index < -0.39 is 0 Å². The van der Waals surface area contributed by atoms with Crippen molar-refractivity contribution in [3.8, 4) is 17.2 Å². The number of hydrogen-bond acceptors (Lipinski definition) is 5. The molecule has 1 aliphatic carbocycles. The molecule has 29 heavy (non-hydrogen) atoms. The van der Waals surface area contributed by atoms with E-state index in [0.717, 1.165) is 33.9 Å². The minimum Gasteiger partial charge on any atom is -0.497 e. The van der Waals surface area contributed by atoms with Crippen LogP contribution in [0.5, 0.6) is 11.5 Å². The second-order valence-electron chi connectivity index (χ2n) is 7.22. The standard InChI is InChI=1S/C23H27N3O2S/c1-27-20-12-14-21(15-13-20)28-16-17-29-23-25-24-22(18-8-4-2-5-9-18)26(23)19-10-6-3-7-11-19/h3,6-7,10-15,18H,2,4-5,8-9,16-17H2,1H3. The van der Waals surface area contributed by atoms with E-state index in [1.807, 2.05) is 30.3 Å². The number of ether oxygens (including phenoxy) is 2. The van der Waals surface area contributed by atoms with Crippen molar-refractivity contribution >= 4 is 11.8 Å². The van der Waals surface area contributed by atoms with E-state index in [4.69, 9.17) is 9.47 Å². The summed E-state index contributed by atoms with van der Waals surface area (Å²) in [5, 5.41) is 10.1. The summed E-state index contributed by atoms with van der Waals surface area (Å²) in [6, 6.07) is 18.1. The zero-order valence-corrected chi connectivity index (χ0v) is 17.6. The third-order valence-electron chi connectivity index (χ3n) is 5.29. The molecule has 3 aromatic rings. The number of methoxy groups -OCH3 is 1. The van der Waals surface area contributed by atoms with Crippen molar-refractivity contribution in [3.05, 3.63) is 60.4 Å². The van der Waals surface area contributed by atoms with Gasteiger partial charge < -0.3 is 9.47 Å². The maximum Gasteiger partial charge on any atom is 0.195 e. The van der Waals surface area contributed by atoms with Gasteiger partial charge in [0.2, 0.25) is 0 Å². The van der Waals surface area contributed by atoms with Gasteiger partial charge in [-0.15, -0.1) is 10.2 Å². The fourth-order valence-corrected chi connectivity index (χ4v) is 4.56. The quantitative estimate of drug-likeness (QED) is 0.363. The summed E-state index contributed by atoms with van der Waals surface area (Å²) >= 11 is 1.69. The maximum absolute atomic E-state index is 5.86. The van der Waals surface area contributed by atoms with Gasteiger partial charge in [0.05, 0.1) is 13.7 Å². The minimum atomic E-state index is 0.501. The fourth-order valence-electron chi connectivity index (χ4n) is 3.78. The Hall–Kier alpha value is -2.47. The van der Waals surface area contributed by atoms with Crippen LogP contribution in [0.3, 0.4) is 0 Å². The van der Waals surface area contributed by atoms with Crippen molar-refractivity contribution < 1.29 is 9.47 Å². The Bertz CT molecular complexity index is 890. The number of hydrogen-bond donors (Lipinski definition) is 0. The highest BCUT2D eigenvalue weighted by molar-refractivity contribution is 7.99. The van der Waals surface area contributed by atoms with Crippen LogP contribution in [0.2, 0.25) is 0 Å². The lowest BCUT2D eigenvalue weighted by molar-refractivity contribution is 0.342. The first kappa shape index (κ1) is 19.8. The van der Waals surface area contributed by atoms with Crippen LogP contribution in [0.25, 0.3) is 5.69 Å². The lowest BCUT2D eigenvalue weighted by Gasteiger charge is -2.22. The lowest BCUT2D eigenvalue weighted by atomic mass is 9.88. The number of rotatable bonds is 8. The minimum absolute atomic E-state index is 0.501. The van der Waals surface area contributed by atoms with Crippen molar-refractivity contribution in [2.45, 2.75) is 43.2 Å². The molecule has 6 heteroatoms. The number of nitrogens with zero attached hydrogens (tertiary/aromatic N) is 3. The summed E-state index contributed by atoms with van der Waals surface area (Å²) in [4.78, 5) is 0. The summed E-state index contributed by atoms with van der Waals surface area (Å²) in [5.41, 5.74) is 1.14. The highest BCUT2D eigenvalue weighted by Crippen LogP contribution is 2.34. The van der Waals surface area contributed by atoms with E-state index >= 15 is 0 Å². The average Bonchev–Trinajstić information content (AvgIpc) is 3.22. The molecule has 0 saturated heterocycles. The Labute approximate surface area is 176 Å². The van der Waals surface area contributed by atoms with E-state index in [0.29, 0.717) is 12.5 Å². The molecule has 1 heterocycles. The molecule has 0 unspecified atom stereocenters. The Morgan fingerprint density at radius 2 is 1.66 bits per heavy atom. The lowest BCUT2D eigenvalue weighted by Crippen LogP contribution is -2.12. The molecule has 0 radical (unpaired) electrons. The highest BCUT2D eigenvalue weighted by Gasteiger charge is 2.24. The molecule has 0 aliphatic heterocycles. The molecule has 1 aliphatic rings. The first-order valence-corrected chi connectivity index (χ1v) is 11.2. The first-order valence-electron chi connectivity index (χ1n) is 10.3. The van der Waals surface area contributed by atoms with Crippen molar-refractivity contribution in [1.29, 1.82) is 0 Å². The molecule has 1 fully saturated rings. The molecule has 0 N–H and O–H groups in total. The molecule has 0 amide bonds. The number of aromatic nitrogens is 3. The Morgan fingerprint density at radius 1 is 0.931 bits per heavy atom. The zero-order valence-electron chi connectivity index (χ0n) is 16.8. The third-order valence-corrected chi connectivity index (χ3v) is 6.18. The normalized spacial score (nSPS) is 14.7. The van der Waals surface area contributed by atoms with Crippen molar-refractivity contribution in [2.75, 3.05) is 19.5 Å². The summed E-state index contributed by atoms with van der Waals surface area (Å²) in [7, 11) is 1.66. The first-order chi connectivity index (χ1) is 14.3. The van der Waals surface area contributed by atoms with Gasteiger partial charge in [-0.05, 0) is 49.2 Å². The molecule has 2 aromatic carbocycles. The third kappa shape index (κ3) is 4.93. The molecule has 1 aromatic heterocycles. The van der Waals surface area contributed by atoms with Gasteiger partial charge in [0, 0.05) is 17.4 Å². The summed E-state index contributed by atoms with van der Waals surface area (Å²) in [5.74, 6) is 4.09. The van der Waals surface area contributed by atoms with Crippen LogP contribution < -0.4 is 9.47 Å². The molecule has 152 valence electrons. The van der Waals surface area contributed by atoms with Crippen LogP contribution in [0.1, 0.15) is 43.8 Å². The molecule has 5 nitrogen and oxygen atoms in total. The van der Waals surface area contributed by atoms with Crippen LogP contribution in [-0.2, 0) is 0 Å². The molecule has 0 spiro atoms. The molecular weight excluding hydrogens is 382 g/mol. The maximum atomic E-state index is 5.86. The van der Waals surface area contributed by atoms with Gasteiger partial charge in [-0.1, -0.05) is 49.2 Å². The number of thioether (sulfide) groups is 1. The monoisotopic (exact) mass is 409 g/mol. The second-order valence-corrected chi connectivity index (χ2v) is 8.28. The number of benzene rings is 2. The van der Waals surface area contributed by atoms with Crippen LogP contribution in [0.15, 0.2) is 59.8 Å². The second kappa shape index (κ2) is 9.83. The Kier molecular flexibility index (Phi) is 6.72. The molecule has 0 bridgehead atoms. The van der Waals surface area contributed by atoms with E-state index in [-0.39, 0.29) is 0 Å². The molecular formula is C23H27N3O2S. The highest BCUT2D eigenvalue weighted by atomic mass is 32.2. The summed E-state index contributed by atoms with van der Waals surface area (Å²) < 4.78 is 13.3. The molecule has 4 rings (SSSR count). The van der Waals surface area contributed by atoms with E-state index in [1.54, 1.807) is 18.9 Å². The van der Waals surface area contributed by atoms with Crippen LogP contribution in [0.4, 0.5) is 0 Å². The number of para-hydroxylation sites is 1. The Morgan fingerprint density at radius 3 is 2.38 bits per heavy atom. The van der Waals surface area contributed by atoms with Gasteiger partial charge in [-0.3, -0.25) is 4.57 Å². The van der Waals surface area contributed by atoms with Crippen LogP contribution >= 0.6 is 11.8 Å². The topological polar surface area (TPSA) is 49.2 Å². The van der Waals surface area contributed by atoms with Crippen molar-refractivity contribution in [3.63, 3.8) is 0 Å². The van der Waals surface area contributed by atoms with E-state index in [1.165, 1.54) is 32.1 Å². The smallest absolute Gasteiger partial charge is 0.195 e. The van der Waals surface area contributed by atoms with Crippen LogP contribution in [-0.4, -0.2) is 34.2 Å². The SMILES string of the molecule is COc1ccc(OCCSc2nnc(C3CCCCC3)n2-c2ccccc2)cc1. The van der Waals surface area contributed by atoms with Gasteiger partial charge in [-0.2, -0.15) is 0 Å². The van der Waals surface area contributed by atoms with E-state index in [2.05, 4.69) is 39.0 Å². The predicted molar refractivity (Wildman–Crippen MR) is 116 cm³/mol. The van der Waals surface area contributed by atoms with Gasteiger partial charge >= 0.3 is 0 Å². The van der Waals surface area contributed by atoms with Gasteiger partial charge in [0.1, 0.15) is 17.3 Å². The zero-order chi connectivity index (χ0) is 19.9. The molecule has 1 saturated carbocycles. The van der Waals surface area contributed by atoms with Gasteiger partial charge in [0.25, 0.3) is 0 Å². The van der Waals surface area contributed by atoms with Crippen molar-refractivity contribution in [2.24, 2.45) is 0 Å². The fraction of sp³-hybridized carbons (Fsp3) is 0.391. The van der Waals surface area contributed by atoms with E-state index in [9.17, 15) is 0 Å². The van der Waals surface area contributed by atoms with Gasteiger partial charge in [-0.25, -0.2) is 0 Å². The average molecular weight is 410 g/mol. The summed E-state index contributed by atoms with van der Waals surface area (Å²) in [6.07, 6.45) is 6.31. The molecule has 0 atom stereocenters. The Balaban J connectivity index is 1.44. The largest absolute Gasteiger partial charge is 0.497 e. The summed E-state index contributed by atoms with van der Waals surface area (Å²) in [6.45, 7) is 0.609.